The first-order valence-corrected chi connectivity index (χ1v) is 9.00. The van der Waals surface area contributed by atoms with Gasteiger partial charge in [0.15, 0.2) is 0 Å². The van der Waals surface area contributed by atoms with Gasteiger partial charge in [-0.15, -0.1) is 0 Å². The molecule has 1 aromatic rings. The van der Waals surface area contributed by atoms with E-state index in [0.29, 0.717) is 17.4 Å². The lowest BCUT2D eigenvalue weighted by Crippen LogP contribution is -2.24. The van der Waals surface area contributed by atoms with E-state index in [9.17, 15) is 8.42 Å². The Morgan fingerprint density at radius 3 is 2.67 bits per heavy atom. The van der Waals surface area contributed by atoms with E-state index in [2.05, 4.69) is 17.0 Å². The molecule has 0 heterocycles. The van der Waals surface area contributed by atoms with Crippen LogP contribution in [-0.4, -0.2) is 21.5 Å². The zero-order valence-corrected chi connectivity index (χ0v) is 13.5. The minimum atomic E-state index is -3.51. The molecule has 1 fully saturated rings. The molecule has 0 amide bonds. The van der Waals surface area contributed by atoms with Gasteiger partial charge in [0.1, 0.15) is 4.90 Å². The molecule has 21 heavy (non-hydrogen) atoms. The Morgan fingerprint density at radius 2 is 1.95 bits per heavy atom. The van der Waals surface area contributed by atoms with Gasteiger partial charge in [-0.2, -0.15) is 0 Å². The fourth-order valence-corrected chi connectivity index (χ4v) is 3.77. The second-order valence-corrected chi connectivity index (χ2v) is 7.77. The Hall–Kier alpha value is -1.27. The minimum Gasteiger partial charge on any atom is -0.399 e. The number of nitrogens with one attached hydrogen (secondary N) is 2. The van der Waals surface area contributed by atoms with Crippen molar-refractivity contribution in [1.82, 2.24) is 4.72 Å². The van der Waals surface area contributed by atoms with Crippen LogP contribution in [0.2, 0.25) is 0 Å². The Kier molecular flexibility index (Phi) is 5.11. The number of benzene rings is 1. The van der Waals surface area contributed by atoms with Crippen LogP contribution in [0.15, 0.2) is 23.1 Å². The maximum absolute atomic E-state index is 12.1. The molecule has 0 spiro atoms. The van der Waals surface area contributed by atoms with Gasteiger partial charge in [-0.05, 0) is 50.4 Å². The van der Waals surface area contributed by atoms with Crippen LogP contribution >= 0.6 is 0 Å². The highest BCUT2D eigenvalue weighted by molar-refractivity contribution is 7.89. The van der Waals surface area contributed by atoms with Crippen LogP contribution in [0.25, 0.3) is 0 Å². The molecule has 0 radical (unpaired) electrons. The fraction of sp³-hybridized carbons (Fsp3) is 0.600. The highest BCUT2D eigenvalue weighted by Gasteiger charge is 2.21. The van der Waals surface area contributed by atoms with E-state index in [4.69, 9.17) is 5.73 Å². The second kappa shape index (κ2) is 6.66. The molecule has 1 saturated carbocycles. The molecule has 0 aliphatic heterocycles. The monoisotopic (exact) mass is 311 g/mol. The van der Waals surface area contributed by atoms with Crippen LogP contribution in [-0.2, 0) is 10.0 Å². The Labute approximate surface area is 127 Å². The van der Waals surface area contributed by atoms with Crippen LogP contribution in [0.5, 0.6) is 0 Å². The van der Waals surface area contributed by atoms with Gasteiger partial charge in [0, 0.05) is 11.7 Å². The summed E-state index contributed by atoms with van der Waals surface area (Å²) in [6.45, 7) is 2.28. The van der Waals surface area contributed by atoms with Crippen molar-refractivity contribution >= 4 is 21.4 Å². The van der Waals surface area contributed by atoms with E-state index >= 15 is 0 Å². The topological polar surface area (TPSA) is 84.2 Å². The van der Waals surface area contributed by atoms with E-state index in [0.717, 1.165) is 18.8 Å². The smallest absolute Gasteiger partial charge is 0.242 e. The lowest BCUT2D eigenvalue weighted by molar-refractivity contribution is 0.502. The largest absolute Gasteiger partial charge is 0.399 e. The summed E-state index contributed by atoms with van der Waals surface area (Å²) >= 11 is 0. The molecular weight excluding hydrogens is 286 g/mol. The minimum absolute atomic E-state index is 0.224. The molecule has 2 atom stereocenters. The summed E-state index contributed by atoms with van der Waals surface area (Å²) in [7, 11) is -2.10. The Bertz CT molecular complexity index is 587. The molecule has 0 saturated heterocycles. The summed E-state index contributed by atoms with van der Waals surface area (Å²) in [5, 5.41) is 3.40. The van der Waals surface area contributed by atoms with Crippen molar-refractivity contribution in [3.63, 3.8) is 0 Å². The van der Waals surface area contributed by atoms with Gasteiger partial charge in [-0.1, -0.05) is 19.8 Å². The molecule has 118 valence electrons. The molecule has 5 nitrogen and oxygen atoms in total. The highest BCUT2D eigenvalue weighted by atomic mass is 32.2. The van der Waals surface area contributed by atoms with Crippen LogP contribution in [0.3, 0.4) is 0 Å². The molecule has 1 aliphatic carbocycles. The predicted octanol–water partition coefficient (Wildman–Crippen LogP) is 2.56. The van der Waals surface area contributed by atoms with Crippen LogP contribution in [0.4, 0.5) is 11.4 Å². The van der Waals surface area contributed by atoms with Crippen molar-refractivity contribution in [3.05, 3.63) is 18.2 Å². The first-order valence-electron chi connectivity index (χ1n) is 7.52. The molecule has 4 N–H and O–H groups in total. The number of rotatable bonds is 4. The summed E-state index contributed by atoms with van der Waals surface area (Å²) in [6.07, 6.45) is 5.77. The van der Waals surface area contributed by atoms with E-state index in [1.54, 1.807) is 12.1 Å². The zero-order chi connectivity index (χ0) is 15.5. The Balaban J connectivity index is 2.23. The average Bonchev–Trinajstić information content (AvgIpc) is 2.65. The van der Waals surface area contributed by atoms with Gasteiger partial charge in [0.05, 0.1) is 5.69 Å². The van der Waals surface area contributed by atoms with Crippen LogP contribution in [0.1, 0.15) is 39.0 Å². The molecule has 0 bridgehead atoms. The van der Waals surface area contributed by atoms with Crippen molar-refractivity contribution in [3.8, 4) is 0 Å². The summed E-state index contributed by atoms with van der Waals surface area (Å²) < 4.78 is 26.6. The van der Waals surface area contributed by atoms with Gasteiger partial charge in [-0.3, -0.25) is 0 Å². The number of anilines is 2. The normalized spacial score (nSPS) is 23.5. The molecule has 2 rings (SSSR count). The lowest BCUT2D eigenvalue weighted by Gasteiger charge is -2.20. The summed E-state index contributed by atoms with van der Waals surface area (Å²) in [4.78, 5) is 0.224. The Morgan fingerprint density at radius 1 is 1.19 bits per heavy atom. The second-order valence-electron chi connectivity index (χ2n) is 5.92. The molecule has 1 aromatic carbocycles. The SMILES string of the molecule is CNS(=O)(=O)c1cc(N)ccc1NC1CCCC(C)CC1. The first-order chi connectivity index (χ1) is 9.92. The van der Waals surface area contributed by atoms with Crippen molar-refractivity contribution in [2.45, 2.75) is 50.0 Å². The van der Waals surface area contributed by atoms with Crippen molar-refractivity contribution in [2.75, 3.05) is 18.1 Å². The van der Waals surface area contributed by atoms with Crippen molar-refractivity contribution in [1.29, 1.82) is 0 Å². The standard InChI is InChI=1S/C15H25N3O2S/c1-11-4-3-5-13(8-6-11)18-14-9-7-12(16)10-15(14)21(19,20)17-2/h7,9-11,13,17-18H,3-6,8,16H2,1-2H3. The first kappa shape index (κ1) is 16.1. The third kappa shape index (κ3) is 4.11. The van der Waals surface area contributed by atoms with Gasteiger partial charge in [0.2, 0.25) is 10.0 Å². The van der Waals surface area contributed by atoms with E-state index in [1.807, 2.05) is 0 Å². The van der Waals surface area contributed by atoms with Gasteiger partial charge in [-0.25, -0.2) is 13.1 Å². The zero-order valence-electron chi connectivity index (χ0n) is 12.7. The molecule has 2 unspecified atom stereocenters. The average molecular weight is 311 g/mol. The summed E-state index contributed by atoms with van der Waals surface area (Å²) in [6, 6.07) is 5.32. The summed E-state index contributed by atoms with van der Waals surface area (Å²) in [5.74, 6) is 0.753. The number of hydrogen-bond acceptors (Lipinski definition) is 4. The highest BCUT2D eigenvalue weighted by Crippen LogP contribution is 2.29. The number of hydrogen-bond donors (Lipinski definition) is 3. The molecular formula is C15H25N3O2S. The number of nitrogen functional groups attached to an aromatic ring is 1. The van der Waals surface area contributed by atoms with Gasteiger partial charge >= 0.3 is 0 Å². The number of sulfonamides is 1. The van der Waals surface area contributed by atoms with E-state index in [1.165, 1.54) is 32.4 Å². The maximum Gasteiger partial charge on any atom is 0.242 e. The van der Waals surface area contributed by atoms with Gasteiger partial charge in [0.25, 0.3) is 0 Å². The van der Waals surface area contributed by atoms with Crippen molar-refractivity contribution in [2.24, 2.45) is 5.92 Å². The molecule has 1 aliphatic rings. The van der Waals surface area contributed by atoms with Crippen LogP contribution < -0.4 is 15.8 Å². The quantitative estimate of drug-likeness (QED) is 0.589. The van der Waals surface area contributed by atoms with E-state index < -0.39 is 10.0 Å². The lowest BCUT2D eigenvalue weighted by atomic mass is 10.0. The fourth-order valence-electron chi connectivity index (χ4n) is 2.84. The van der Waals surface area contributed by atoms with Gasteiger partial charge < -0.3 is 11.1 Å². The molecule has 0 aromatic heterocycles. The third-order valence-electron chi connectivity index (χ3n) is 4.18. The maximum atomic E-state index is 12.1. The van der Waals surface area contributed by atoms with Crippen molar-refractivity contribution < 1.29 is 8.42 Å². The van der Waals surface area contributed by atoms with Crippen LogP contribution in [0, 0.1) is 5.92 Å². The number of nitrogens with two attached hydrogens (primary N) is 1. The van der Waals surface area contributed by atoms with E-state index in [-0.39, 0.29) is 4.90 Å². The molecule has 6 heteroatoms. The summed E-state index contributed by atoms with van der Waals surface area (Å²) in [5.41, 5.74) is 6.82. The third-order valence-corrected chi connectivity index (χ3v) is 5.64. The predicted molar refractivity (Wildman–Crippen MR) is 86.8 cm³/mol.